The summed E-state index contributed by atoms with van der Waals surface area (Å²) < 4.78 is 1.77. The molecule has 0 aliphatic heterocycles. The topological polar surface area (TPSA) is 92.9 Å². The minimum atomic E-state index is -0.915. The van der Waals surface area contributed by atoms with Crippen molar-refractivity contribution in [2.24, 2.45) is 0 Å². The molecule has 0 saturated heterocycles. The Bertz CT molecular complexity index is 594. The van der Waals surface area contributed by atoms with Crippen molar-refractivity contribution < 1.29 is 9.90 Å². The standard InChI is InChI=1S/C13H15N5O2/c19-13(20)12(9-4-2-1-3-5-9)14-8-11-15-16-17-18(11)10-6-7-10/h1-5,10,12,14H,6-8H2,(H,19,20). The van der Waals surface area contributed by atoms with Gasteiger partial charge in [0.2, 0.25) is 0 Å². The molecule has 0 radical (unpaired) electrons. The average molecular weight is 273 g/mol. The smallest absolute Gasteiger partial charge is 0.325 e. The van der Waals surface area contributed by atoms with E-state index in [9.17, 15) is 9.90 Å². The third-order valence-corrected chi connectivity index (χ3v) is 3.30. The first-order chi connectivity index (χ1) is 9.75. The largest absolute Gasteiger partial charge is 0.480 e. The predicted molar refractivity (Wildman–Crippen MR) is 69.7 cm³/mol. The van der Waals surface area contributed by atoms with Crippen LogP contribution in [0.4, 0.5) is 0 Å². The summed E-state index contributed by atoms with van der Waals surface area (Å²) >= 11 is 0. The first-order valence-electron chi connectivity index (χ1n) is 6.53. The second kappa shape index (κ2) is 5.38. The molecular weight excluding hydrogens is 258 g/mol. The van der Waals surface area contributed by atoms with Crippen LogP contribution in [0.5, 0.6) is 0 Å². The lowest BCUT2D eigenvalue weighted by Gasteiger charge is -2.14. The summed E-state index contributed by atoms with van der Waals surface area (Å²) in [5, 5.41) is 23.9. The van der Waals surface area contributed by atoms with Gasteiger partial charge in [-0.05, 0) is 28.8 Å². The molecule has 7 nitrogen and oxygen atoms in total. The van der Waals surface area contributed by atoms with Gasteiger partial charge >= 0.3 is 5.97 Å². The Labute approximate surface area is 115 Å². The maximum Gasteiger partial charge on any atom is 0.325 e. The minimum absolute atomic E-state index is 0.329. The predicted octanol–water partition coefficient (Wildman–Crippen LogP) is 0.923. The lowest BCUT2D eigenvalue weighted by atomic mass is 10.1. The van der Waals surface area contributed by atoms with E-state index in [4.69, 9.17) is 0 Å². The van der Waals surface area contributed by atoms with Gasteiger partial charge in [0.25, 0.3) is 0 Å². The molecule has 1 fully saturated rings. The third kappa shape index (κ3) is 2.67. The molecule has 2 N–H and O–H groups in total. The van der Waals surface area contributed by atoms with Crippen LogP contribution in [0.15, 0.2) is 30.3 Å². The summed E-state index contributed by atoms with van der Waals surface area (Å²) in [4.78, 5) is 11.4. The Morgan fingerprint density at radius 2 is 2.15 bits per heavy atom. The van der Waals surface area contributed by atoms with E-state index in [1.165, 1.54) is 0 Å². The fourth-order valence-corrected chi connectivity index (χ4v) is 2.12. The molecule has 2 aromatic rings. The van der Waals surface area contributed by atoms with Crippen LogP contribution < -0.4 is 5.32 Å². The maximum absolute atomic E-state index is 11.4. The zero-order valence-corrected chi connectivity index (χ0v) is 10.8. The fraction of sp³-hybridized carbons (Fsp3) is 0.385. The normalized spacial score (nSPS) is 16.0. The van der Waals surface area contributed by atoms with E-state index < -0.39 is 12.0 Å². The summed E-state index contributed by atoms with van der Waals surface area (Å²) in [6.45, 7) is 0.329. The van der Waals surface area contributed by atoms with E-state index in [1.807, 2.05) is 18.2 Å². The number of rotatable bonds is 6. The monoisotopic (exact) mass is 273 g/mol. The second-order valence-electron chi connectivity index (χ2n) is 4.83. The number of carboxylic acids is 1. The van der Waals surface area contributed by atoms with Gasteiger partial charge in [0.15, 0.2) is 5.82 Å². The van der Waals surface area contributed by atoms with Crippen LogP contribution in [0.1, 0.15) is 36.3 Å². The minimum Gasteiger partial charge on any atom is -0.480 e. The van der Waals surface area contributed by atoms with E-state index >= 15 is 0 Å². The van der Waals surface area contributed by atoms with Crippen LogP contribution in [-0.4, -0.2) is 31.3 Å². The Morgan fingerprint density at radius 3 is 2.80 bits per heavy atom. The number of benzene rings is 1. The Balaban J connectivity index is 1.71. The number of carbonyl (C=O) groups is 1. The highest BCUT2D eigenvalue weighted by atomic mass is 16.4. The van der Waals surface area contributed by atoms with Crippen LogP contribution in [0, 0.1) is 0 Å². The van der Waals surface area contributed by atoms with Gasteiger partial charge in [0, 0.05) is 0 Å². The van der Waals surface area contributed by atoms with Crippen LogP contribution in [-0.2, 0) is 11.3 Å². The number of nitrogens with one attached hydrogen (secondary N) is 1. The molecule has 1 heterocycles. The number of nitrogens with zero attached hydrogens (tertiary/aromatic N) is 4. The van der Waals surface area contributed by atoms with Crippen molar-refractivity contribution in [3.8, 4) is 0 Å². The van der Waals surface area contributed by atoms with Crippen LogP contribution in [0.25, 0.3) is 0 Å². The molecule has 1 unspecified atom stereocenters. The molecule has 1 aromatic carbocycles. The van der Waals surface area contributed by atoms with Crippen molar-refractivity contribution in [2.45, 2.75) is 31.5 Å². The summed E-state index contributed by atoms with van der Waals surface area (Å²) in [5.41, 5.74) is 0.713. The van der Waals surface area contributed by atoms with E-state index in [2.05, 4.69) is 20.8 Å². The number of hydrogen-bond acceptors (Lipinski definition) is 5. The molecule has 0 spiro atoms. The number of aliphatic carboxylic acids is 1. The Hall–Kier alpha value is -2.28. The Morgan fingerprint density at radius 1 is 1.40 bits per heavy atom. The van der Waals surface area contributed by atoms with E-state index in [-0.39, 0.29) is 0 Å². The van der Waals surface area contributed by atoms with Gasteiger partial charge < -0.3 is 5.11 Å². The number of hydrogen-bond donors (Lipinski definition) is 2. The summed E-state index contributed by atoms with van der Waals surface area (Å²) in [6.07, 6.45) is 2.16. The van der Waals surface area contributed by atoms with Crippen molar-refractivity contribution in [3.05, 3.63) is 41.7 Å². The van der Waals surface area contributed by atoms with E-state index in [0.29, 0.717) is 24.0 Å². The van der Waals surface area contributed by atoms with Crippen molar-refractivity contribution in [2.75, 3.05) is 0 Å². The molecular formula is C13H15N5O2. The lowest BCUT2D eigenvalue weighted by molar-refractivity contribution is -0.139. The number of aromatic nitrogens is 4. The molecule has 0 bridgehead atoms. The van der Waals surface area contributed by atoms with Gasteiger partial charge in [-0.3, -0.25) is 10.1 Å². The summed E-state index contributed by atoms with van der Waals surface area (Å²) in [5.74, 6) is -0.240. The van der Waals surface area contributed by atoms with Crippen molar-refractivity contribution >= 4 is 5.97 Å². The molecule has 3 rings (SSSR count). The van der Waals surface area contributed by atoms with Crippen molar-refractivity contribution in [1.29, 1.82) is 0 Å². The molecule has 1 aliphatic rings. The lowest BCUT2D eigenvalue weighted by Crippen LogP contribution is -2.29. The van der Waals surface area contributed by atoms with Gasteiger partial charge in [-0.15, -0.1) is 5.10 Å². The second-order valence-corrected chi connectivity index (χ2v) is 4.83. The van der Waals surface area contributed by atoms with Crippen LogP contribution in [0.2, 0.25) is 0 Å². The highest BCUT2D eigenvalue weighted by Crippen LogP contribution is 2.34. The zero-order valence-electron chi connectivity index (χ0n) is 10.8. The van der Waals surface area contributed by atoms with Gasteiger partial charge in [0.1, 0.15) is 6.04 Å². The molecule has 1 aliphatic carbocycles. The fourth-order valence-electron chi connectivity index (χ4n) is 2.12. The van der Waals surface area contributed by atoms with Crippen LogP contribution in [0.3, 0.4) is 0 Å². The average Bonchev–Trinajstić information content (AvgIpc) is 3.19. The highest BCUT2D eigenvalue weighted by molar-refractivity contribution is 5.75. The summed E-state index contributed by atoms with van der Waals surface area (Å²) in [6, 6.07) is 8.69. The summed E-state index contributed by atoms with van der Waals surface area (Å²) in [7, 11) is 0. The highest BCUT2D eigenvalue weighted by Gasteiger charge is 2.28. The number of carboxylic acid groups (broad SMARTS) is 1. The molecule has 20 heavy (non-hydrogen) atoms. The molecule has 1 saturated carbocycles. The molecule has 1 atom stereocenters. The van der Waals surface area contributed by atoms with Crippen molar-refractivity contribution in [1.82, 2.24) is 25.5 Å². The first kappa shape index (κ1) is 12.7. The van der Waals surface area contributed by atoms with Gasteiger partial charge in [0.05, 0.1) is 12.6 Å². The van der Waals surface area contributed by atoms with Gasteiger partial charge in [-0.25, -0.2) is 4.68 Å². The van der Waals surface area contributed by atoms with Gasteiger partial charge in [-0.1, -0.05) is 30.3 Å². The van der Waals surface area contributed by atoms with Crippen molar-refractivity contribution in [3.63, 3.8) is 0 Å². The molecule has 7 heteroatoms. The van der Waals surface area contributed by atoms with Gasteiger partial charge in [-0.2, -0.15) is 0 Å². The zero-order chi connectivity index (χ0) is 13.9. The van der Waals surface area contributed by atoms with Crippen LogP contribution >= 0.6 is 0 Å². The molecule has 104 valence electrons. The Kier molecular flexibility index (Phi) is 3.42. The molecule has 0 amide bonds. The van der Waals surface area contributed by atoms with E-state index in [1.54, 1.807) is 16.8 Å². The maximum atomic E-state index is 11.4. The third-order valence-electron chi connectivity index (χ3n) is 3.30. The SMILES string of the molecule is O=C(O)C(NCc1nnnn1C1CC1)c1ccccc1. The molecule has 1 aromatic heterocycles. The first-order valence-corrected chi connectivity index (χ1v) is 6.53. The quantitative estimate of drug-likeness (QED) is 0.813. The number of tetrazole rings is 1. The van der Waals surface area contributed by atoms with E-state index in [0.717, 1.165) is 12.8 Å².